The van der Waals surface area contributed by atoms with Crippen LogP contribution in [0.2, 0.25) is 0 Å². The second-order valence-electron chi connectivity index (χ2n) is 5.57. The largest absolute Gasteiger partial charge is 0.481 e. The molecule has 0 aromatic heterocycles. The van der Waals surface area contributed by atoms with Crippen LogP contribution in [0.1, 0.15) is 32.6 Å². The van der Waals surface area contributed by atoms with Gasteiger partial charge in [0, 0.05) is 0 Å². The van der Waals surface area contributed by atoms with Gasteiger partial charge in [0.25, 0.3) is 0 Å². The molecule has 0 heterocycles. The maximum absolute atomic E-state index is 11.8. The smallest absolute Gasteiger partial charge is 0.330 e. The Balaban J connectivity index is 2.54. The molecule has 2 unspecified atom stereocenters. The summed E-state index contributed by atoms with van der Waals surface area (Å²) in [6.07, 6.45) is 2.60. The number of methoxy groups -OCH3 is 1. The van der Waals surface area contributed by atoms with Crippen molar-refractivity contribution in [2.45, 2.75) is 50.8 Å². The highest BCUT2D eigenvalue weighted by Crippen LogP contribution is 2.27. The van der Waals surface area contributed by atoms with Crippen LogP contribution >= 0.6 is 0 Å². The average molecular weight is 316 g/mol. The molecule has 8 nitrogen and oxygen atoms in total. The number of carboxylic acid groups (broad SMARTS) is 1. The summed E-state index contributed by atoms with van der Waals surface area (Å²) >= 11 is 0. The molecular weight excluding hydrogens is 292 g/mol. The first-order valence-corrected chi connectivity index (χ1v) is 7.32. The molecule has 0 aromatic carbocycles. The van der Waals surface area contributed by atoms with E-state index in [1.54, 1.807) is 0 Å². The summed E-state index contributed by atoms with van der Waals surface area (Å²) in [4.78, 5) is 34.1. The lowest BCUT2D eigenvalue weighted by molar-refractivity contribution is -0.148. The Morgan fingerprint density at radius 1 is 1.36 bits per heavy atom. The highest BCUT2D eigenvalue weighted by Gasteiger charge is 2.29. The summed E-state index contributed by atoms with van der Waals surface area (Å²) in [7, 11) is 1.21. The van der Waals surface area contributed by atoms with Gasteiger partial charge < -0.3 is 25.6 Å². The van der Waals surface area contributed by atoms with Crippen LogP contribution < -0.4 is 11.1 Å². The second-order valence-corrected chi connectivity index (χ2v) is 5.57. The van der Waals surface area contributed by atoms with Crippen molar-refractivity contribution in [3.63, 3.8) is 0 Å². The Hall–Kier alpha value is -1.67. The average Bonchev–Trinajstić information content (AvgIpc) is 2.86. The Labute approximate surface area is 129 Å². The van der Waals surface area contributed by atoms with Gasteiger partial charge in [-0.25, -0.2) is 4.79 Å². The van der Waals surface area contributed by atoms with Crippen LogP contribution in [0.25, 0.3) is 0 Å². The van der Waals surface area contributed by atoms with Crippen molar-refractivity contribution in [2.75, 3.05) is 13.7 Å². The van der Waals surface area contributed by atoms with Crippen molar-refractivity contribution in [2.24, 2.45) is 11.7 Å². The maximum Gasteiger partial charge on any atom is 0.330 e. The first kappa shape index (κ1) is 18.4. The second kappa shape index (κ2) is 8.70. The number of ether oxygens (including phenoxy) is 2. The van der Waals surface area contributed by atoms with Crippen LogP contribution in [-0.2, 0) is 23.9 Å². The monoisotopic (exact) mass is 316 g/mol. The van der Waals surface area contributed by atoms with Crippen molar-refractivity contribution in [3.8, 4) is 0 Å². The third kappa shape index (κ3) is 5.61. The van der Waals surface area contributed by atoms with Crippen molar-refractivity contribution in [1.82, 2.24) is 5.32 Å². The van der Waals surface area contributed by atoms with Crippen LogP contribution in [0.4, 0.5) is 0 Å². The molecule has 126 valence electrons. The highest BCUT2D eigenvalue weighted by molar-refractivity contribution is 5.89. The van der Waals surface area contributed by atoms with Crippen LogP contribution in [0.5, 0.6) is 0 Å². The number of hydrogen-bond acceptors (Lipinski definition) is 6. The minimum absolute atomic E-state index is 0.0206. The van der Waals surface area contributed by atoms with E-state index in [0.717, 1.165) is 19.3 Å². The molecule has 1 amide bonds. The summed E-state index contributed by atoms with van der Waals surface area (Å²) < 4.78 is 10.3. The fourth-order valence-corrected chi connectivity index (χ4v) is 2.45. The molecule has 4 N–H and O–H groups in total. The van der Waals surface area contributed by atoms with Gasteiger partial charge >= 0.3 is 11.9 Å². The van der Waals surface area contributed by atoms with E-state index in [0.29, 0.717) is 5.92 Å². The predicted molar refractivity (Wildman–Crippen MR) is 76.9 cm³/mol. The molecule has 1 aliphatic carbocycles. The number of esters is 1. The van der Waals surface area contributed by atoms with E-state index in [1.165, 1.54) is 7.11 Å². The molecule has 0 spiro atoms. The minimum Gasteiger partial charge on any atom is -0.481 e. The van der Waals surface area contributed by atoms with E-state index in [-0.39, 0.29) is 12.7 Å². The first-order valence-electron chi connectivity index (χ1n) is 7.32. The molecule has 1 saturated carbocycles. The minimum atomic E-state index is -1.23. The van der Waals surface area contributed by atoms with Crippen molar-refractivity contribution in [1.29, 1.82) is 0 Å². The summed E-state index contributed by atoms with van der Waals surface area (Å²) in [5.41, 5.74) is 5.46. The molecule has 1 rings (SSSR count). The number of aliphatic carboxylic acids is 1. The number of nitrogens with one attached hydrogen (secondary N) is 1. The lowest BCUT2D eigenvalue weighted by Crippen LogP contribution is -2.51. The number of rotatable bonds is 8. The van der Waals surface area contributed by atoms with Crippen LogP contribution in [-0.4, -0.2) is 54.9 Å². The van der Waals surface area contributed by atoms with E-state index in [1.807, 2.05) is 0 Å². The topological polar surface area (TPSA) is 128 Å². The Morgan fingerprint density at radius 2 is 2.05 bits per heavy atom. The van der Waals surface area contributed by atoms with E-state index < -0.39 is 36.4 Å². The predicted octanol–water partition coefficient (Wildman–Crippen LogP) is -0.349. The van der Waals surface area contributed by atoms with Gasteiger partial charge in [-0.1, -0.05) is 13.3 Å². The fourth-order valence-electron chi connectivity index (χ4n) is 2.45. The first-order chi connectivity index (χ1) is 10.3. The molecule has 0 radical (unpaired) electrons. The standard InChI is InChI=1S/C14H24N2O6/c1-8-4-3-5-11(8)22-7-10(14(20)21-2)16-13(19)9(15)6-12(17)18/h8-11H,3-7,15H2,1-2H3,(H,16,19)(H,17,18)/t8?,9-,10-,11?/m0/s1. The number of amides is 1. The van der Waals surface area contributed by atoms with Gasteiger partial charge in [0.15, 0.2) is 6.04 Å². The maximum atomic E-state index is 11.8. The molecule has 0 saturated heterocycles. The molecule has 8 heteroatoms. The van der Waals surface area contributed by atoms with E-state index in [2.05, 4.69) is 17.0 Å². The van der Waals surface area contributed by atoms with Gasteiger partial charge in [0.05, 0.1) is 32.3 Å². The Bertz CT molecular complexity index is 414. The molecule has 22 heavy (non-hydrogen) atoms. The van der Waals surface area contributed by atoms with E-state index in [9.17, 15) is 14.4 Å². The SMILES string of the molecule is COC(=O)[C@H](COC1CCCC1C)NC(=O)[C@@H](N)CC(=O)O. The molecular formula is C14H24N2O6. The molecule has 4 atom stereocenters. The number of hydrogen-bond donors (Lipinski definition) is 3. The van der Waals surface area contributed by atoms with Gasteiger partial charge in [0.2, 0.25) is 5.91 Å². The number of carbonyl (C=O) groups is 3. The van der Waals surface area contributed by atoms with Gasteiger partial charge in [-0.2, -0.15) is 0 Å². The van der Waals surface area contributed by atoms with Crippen molar-refractivity contribution >= 4 is 17.8 Å². The van der Waals surface area contributed by atoms with Crippen molar-refractivity contribution in [3.05, 3.63) is 0 Å². The molecule has 1 aliphatic rings. The molecule has 0 aliphatic heterocycles. The third-order valence-electron chi connectivity index (χ3n) is 3.79. The normalized spacial score (nSPS) is 23.6. The molecule has 1 fully saturated rings. The van der Waals surface area contributed by atoms with Crippen LogP contribution in [0.15, 0.2) is 0 Å². The quantitative estimate of drug-likeness (QED) is 0.522. The summed E-state index contributed by atoms with van der Waals surface area (Å²) in [6, 6.07) is -2.22. The van der Waals surface area contributed by atoms with E-state index >= 15 is 0 Å². The zero-order valence-corrected chi connectivity index (χ0v) is 12.9. The lowest BCUT2D eigenvalue weighted by Gasteiger charge is -2.22. The summed E-state index contributed by atoms with van der Waals surface area (Å²) in [6.45, 7) is 2.05. The van der Waals surface area contributed by atoms with Gasteiger partial charge in [-0.05, 0) is 18.8 Å². The number of carboxylic acids is 1. The molecule has 0 bridgehead atoms. The van der Waals surface area contributed by atoms with E-state index in [4.69, 9.17) is 15.6 Å². The summed E-state index contributed by atoms with van der Waals surface area (Å²) in [5.74, 6) is -2.15. The summed E-state index contributed by atoms with van der Waals surface area (Å²) in [5, 5.41) is 11.0. The third-order valence-corrected chi connectivity index (χ3v) is 3.79. The highest BCUT2D eigenvalue weighted by atomic mass is 16.5. The van der Waals surface area contributed by atoms with Gasteiger partial charge in [0.1, 0.15) is 0 Å². The lowest BCUT2D eigenvalue weighted by atomic mass is 10.1. The van der Waals surface area contributed by atoms with Crippen LogP contribution in [0, 0.1) is 5.92 Å². The zero-order chi connectivity index (χ0) is 16.7. The number of carbonyl (C=O) groups excluding carboxylic acids is 2. The van der Waals surface area contributed by atoms with Gasteiger partial charge in [-0.3, -0.25) is 9.59 Å². The zero-order valence-electron chi connectivity index (χ0n) is 12.9. The van der Waals surface area contributed by atoms with Crippen molar-refractivity contribution < 1.29 is 29.0 Å². The molecule has 0 aromatic rings. The van der Waals surface area contributed by atoms with Crippen LogP contribution in [0.3, 0.4) is 0 Å². The Morgan fingerprint density at radius 3 is 2.55 bits per heavy atom. The number of nitrogens with two attached hydrogens (primary N) is 1. The Kier molecular flexibility index (Phi) is 7.26. The van der Waals surface area contributed by atoms with Gasteiger partial charge in [-0.15, -0.1) is 0 Å². The fraction of sp³-hybridized carbons (Fsp3) is 0.786.